The number of benzene rings is 1. The van der Waals surface area contributed by atoms with Crippen molar-refractivity contribution in [3.63, 3.8) is 0 Å². The maximum absolute atomic E-state index is 14.6. The summed E-state index contributed by atoms with van der Waals surface area (Å²) in [5, 5.41) is -0.631. The quantitative estimate of drug-likeness (QED) is 0.512. The molecule has 1 aliphatic rings. The number of aryl methyl sites for hydroxylation is 2. The fourth-order valence-corrected chi connectivity index (χ4v) is 5.42. The van der Waals surface area contributed by atoms with Gasteiger partial charge in [-0.15, -0.1) is 0 Å². The van der Waals surface area contributed by atoms with E-state index in [1.165, 1.54) is 36.9 Å². The van der Waals surface area contributed by atoms with Gasteiger partial charge >= 0.3 is 5.69 Å². The lowest BCUT2D eigenvalue weighted by Crippen LogP contribution is -2.31. The Morgan fingerprint density at radius 2 is 1.89 bits per heavy atom. The summed E-state index contributed by atoms with van der Waals surface area (Å²) in [5.74, 6) is -0.674. The Morgan fingerprint density at radius 3 is 2.48 bits per heavy atom. The summed E-state index contributed by atoms with van der Waals surface area (Å²) >= 11 is 1.94. The van der Waals surface area contributed by atoms with Gasteiger partial charge in [0.15, 0.2) is 0 Å². The molecular formula is C17H15FIN3O4S. The number of rotatable bonds is 3. The van der Waals surface area contributed by atoms with Gasteiger partial charge in [0.1, 0.15) is 11.3 Å². The van der Waals surface area contributed by atoms with Crippen LogP contribution < -0.4 is 11.2 Å². The maximum atomic E-state index is 14.6. The van der Waals surface area contributed by atoms with E-state index in [0.717, 1.165) is 4.57 Å². The Labute approximate surface area is 167 Å². The first-order valence-electron chi connectivity index (χ1n) is 8.18. The van der Waals surface area contributed by atoms with Gasteiger partial charge < -0.3 is 4.57 Å². The fourth-order valence-electron chi connectivity index (χ4n) is 3.23. The lowest BCUT2D eigenvalue weighted by atomic mass is 10.2. The van der Waals surface area contributed by atoms with Crippen LogP contribution in [0.4, 0.5) is 4.39 Å². The minimum atomic E-state index is -3.93. The molecule has 0 spiro atoms. The van der Waals surface area contributed by atoms with Gasteiger partial charge in [-0.05, 0) is 60.6 Å². The van der Waals surface area contributed by atoms with Crippen LogP contribution >= 0.6 is 22.6 Å². The zero-order chi connectivity index (χ0) is 19.7. The predicted octanol–water partition coefficient (Wildman–Crippen LogP) is 1.88. The summed E-state index contributed by atoms with van der Waals surface area (Å²) in [6.45, 7) is 1.50. The summed E-state index contributed by atoms with van der Waals surface area (Å²) in [7, 11) is -2.45. The number of hydrogen-bond acceptors (Lipinski definition) is 4. The highest BCUT2D eigenvalue weighted by Gasteiger charge is 2.40. The first-order valence-corrected chi connectivity index (χ1v) is 10.8. The summed E-state index contributed by atoms with van der Waals surface area (Å²) in [6.07, 6.45) is 2.27. The van der Waals surface area contributed by atoms with Crippen molar-refractivity contribution in [1.29, 1.82) is 0 Å². The summed E-state index contributed by atoms with van der Waals surface area (Å²) in [4.78, 5) is 25.6. The molecule has 0 N–H and O–H groups in total. The van der Waals surface area contributed by atoms with Crippen molar-refractivity contribution in [2.75, 3.05) is 0 Å². The van der Waals surface area contributed by atoms with Gasteiger partial charge in [0.25, 0.3) is 5.56 Å². The van der Waals surface area contributed by atoms with Crippen molar-refractivity contribution in [1.82, 2.24) is 13.1 Å². The van der Waals surface area contributed by atoms with Gasteiger partial charge in [0.2, 0.25) is 10.0 Å². The first-order chi connectivity index (χ1) is 12.6. The highest BCUT2D eigenvalue weighted by atomic mass is 127. The third-order valence-electron chi connectivity index (χ3n) is 4.71. The largest absolute Gasteiger partial charge is 0.347 e. The summed E-state index contributed by atoms with van der Waals surface area (Å²) in [5.41, 5.74) is -1.02. The smallest absolute Gasteiger partial charge is 0.316 e. The summed E-state index contributed by atoms with van der Waals surface area (Å²) in [6, 6.07) is 4.26. The molecule has 4 rings (SSSR count). The molecule has 27 heavy (non-hydrogen) atoms. The van der Waals surface area contributed by atoms with Crippen LogP contribution in [0.5, 0.6) is 0 Å². The molecule has 1 aromatic carbocycles. The summed E-state index contributed by atoms with van der Waals surface area (Å²) < 4.78 is 44.0. The van der Waals surface area contributed by atoms with Crippen LogP contribution in [0.3, 0.4) is 0 Å². The third kappa shape index (κ3) is 2.68. The van der Waals surface area contributed by atoms with E-state index in [-0.39, 0.29) is 27.8 Å². The Bertz CT molecular complexity index is 1330. The van der Waals surface area contributed by atoms with Crippen LogP contribution in [0.1, 0.15) is 18.4 Å². The highest BCUT2D eigenvalue weighted by Crippen LogP contribution is 2.32. The molecule has 0 aliphatic heterocycles. The molecule has 3 aromatic rings. The maximum Gasteiger partial charge on any atom is 0.347 e. The van der Waals surface area contributed by atoms with Crippen LogP contribution in [0.25, 0.3) is 16.7 Å². The topological polar surface area (TPSA) is 83.1 Å². The molecule has 1 fully saturated rings. The van der Waals surface area contributed by atoms with Crippen molar-refractivity contribution in [2.24, 2.45) is 7.05 Å². The normalized spacial score (nSPS) is 14.8. The molecular weight excluding hydrogens is 488 g/mol. The molecule has 142 valence electrons. The highest BCUT2D eigenvalue weighted by molar-refractivity contribution is 14.1. The third-order valence-corrected chi connectivity index (χ3v) is 7.56. The molecule has 2 heterocycles. The van der Waals surface area contributed by atoms with Gasteiger partial charge in [0.05, 0.1) is 16.5 Å². The van der Waals surface area contributed by atoms with Crippen molar-refractivity contribution >= 4 is 43.6 Å². The van der Waals surface area contributed by atoms with E-state index in [2.05, 4.69) is 0 Å². The van der Waals surface area contributed by atoms with Crippen molar-refractivity contribution in [3.05, 3.63) is 60.2 Å². The van der Waals surface area contributed by atoms with Gasteiger partial charge in [0, 0.05) is 22.4 Å². The second-order valence-electron chi connectivity index (χ2n) is 6.63. The number of imidazole rings is 1. The zero-order valence-electron chi connectivity index (χ0n) is 14.4. The molecule has 0 amide bonds. The molecule has 0 saturated heterocycles. The molecule has 0 atom stereocenters. The number of pyridine rings is 1. The van der Waals surface area contributed by atoms with E-state index >= 15 is 0 Å². The van der Waals surface area contributed by atoms with E-state index < -0.39 is 26.8 Å². The van der Waals surface area contributed by atoms with Crippen LogP contribution in [0.15, 0.2) is 34.0 Å². The molecule has 1 aliphatic carbocycles. The van der Waals surface area contributed by atoms with E-state index in [1.54, 1.807) is 6.07 Å². The Hall–Kier alpha value is -1.95. The number of hydrogen-bond donors (Lipinski definition) is 0. The van der Waals surface area contributed by atoms with E-state index in [0.29, 0.717) is 20.4 Å². The van der Waals surface area contributed by atoms with Crippen molar-refractivity contribution in [3.8, 4) is 5.69 Å². The molecule has 0 bridgehead atoms. The Morgan fingerprint density at radius 1 is 1.22 bits per heavy atom. The Kier molecular flexibility index (Phi) is 4.11. The number of halogens is 2. The van der Waals surface area contributed by atoms with Gasteiger partial charge in [-0.2, -0.15) is 3.97 Å². The number of nitrogens with zero attached hydrogens (tertiary/aromatic N) is 3. The standard InChI is InChI=1S/C17H15FIN3O4S/c1-9-15-14(8-20(2)16(9)23)22(27(25,26)11-4-5-11)17(24)21(15)13-6-3-10(19)7-12(13)18/h3,6-8,11H,4-5H2,1-2H3. The molecule has 10 heteroatoms. The van der Waals surface area contributed by atoms with Crippen molar-refractivity contribution in [2.45, 2.75) is 25.0 Å². The second kappa shape index (κ2) is 6.03. The van der Waals surface area contributed by atoms with Gasteiger partial charge in [-0.1, -0.05) is 0 Å². The van der Waals surface area contributed by atoms with Gasteiger partial charge in [-0.3, -0.25) is 9.36 Å². The molecule has 1 saturated carbocycles. The molecule has 7 nitrogen and oxygen atoms in total. The van der Waals surface area contributed by atoms with Crippen LogP contribution in [0, 0.1) is 16.3 Å². The molecule has 0 unspecified atom stereocenters. The monoisotopic (exact) mass is 503 g/mol. The molecule has 2 aromatic heterocycles. The fraction of sp³-hybridized carbons (Fsp3) is 0.294. The predicted molar refractivity (Wildman–Crippen MR) is 108 cm³/mol. The molecule has 0 radical (unpaired) electrons. The minimum absolute atomic E-state index is 0.0736. The lowest BCUT2D eigenvalue weighted by molar-refractivity contribution is 0.584. The number of aromatic nitrogens is 3. The lowest BCUT2D eigenvalue weighted by Gasteiger charge is -2.08. The van der Waals surface area contributed by atoms with Crippen LogP contribution in [-0.2, 0) is 17.1 Å². The Balaban J connectivity index is 2.23. The minimum Gasteiger partial charge on any atom is -0.316 e. The first kappa shape index (κ1) is 18.4. The van der Waals surface area contributed by atoms with E-state index in [1.807, 2.05) is 22.6 Å². The van der Waals surface area contributed by atoms with Crippen molar-refractivity contribution < 1.29 is 12.8 Å². The van der Waals surface area contributed by atoms with Gasteiger partial charge in [-0.25, -0.2) is 17.6 Å². The SMILES string of the molecule is Cc1c(=O)n(C)cc2c1n(-c1ccc(I)cc1F)c(=O)n2S(=O)(=O)C1CC1. The van der Waals surface area contributed by atoms with E-state index in [9.17, 15) is 22.4 Å². The zero-order valence-corrected chi connectivity index (χ0v) is 17.4. The number of fused-ring (bicyclic) bond motifs is 1. The van der Waals surface area contributed by atoms with Crippen LogP contribution in [-0.4, -0.2) is 26.8 Å². The average Bonchev–Trinajstić information content (AvgIpc) is 3.39. The second-order valence-corrected chi connectivity index (χ2v) is 9.93. The van der Waals surface area contributed by atoms with E-state index in [4.69, 9.17) is 0 Å². The van der Waals surface area contributed by atoms with Crippen LogP contribution in [0.2, 0.25) is 0 Å². The average molecular weight is 503 g/mol.